The van der Waals surface area contributed by atoms with Crippen molar-refractivity contribution in [3.63, 3.8) is 0 Å². The summed E-state index contributed by atoms with van der Waals surface area (Å²) in [6.45, 7) is 0.165. The van der Waals surface area contributed by atoms with Crippen LogP contribution in [0.5, 0.6) is 0 Å². The van der Waals surface area contributed by atoms with Crippen molar-refractivity contribution in [1.82, 2.24) is 5.32 Å². The molecule has 0 fully saturated rings. The minimum Gasteiger partial charge on any atom is -0.394 e. The number of nitrogens with one attached hydrogen (secondary N) is 1. The van der Waals surface area contributed by atoms with Crippen molar-refractivity contribution in [1.29, 1.82) is 0 Å². The molecule has 0 aliphatic carbocycles. The summed E-state index contributed by atoms with van der Waals surface area (Å²) in [5.74, 6) is -0.201. The maximum atomic E-state index is 11.6. The molecule has 1 amide bonds. The topological polar surface area (TPSA) is 58.6 Å². The molecule has 0 aromatic carbocycles. The summed E-state index contributed by atoms with van der Waals surface area (Å²) in [5, 5.41) is 13.4. The molecule has 84 valence electrons. The Kier molecular flexibility index (Phi) is 5.24. The third kappa shape index (κ3) is 3.90. The Morgan fingerprint density at radius 2 is 2.53 bits per heavy atom. The molecule has 0 aliphatic rings. The van der Waals surface area contributed by atoms with Crippen molar-refractivity contribution in [2.45, 2.75) is 6.04 Å². The van der Waals surface area contributed by atoms with Gasteiger partial charge >= 0.3 is 0 Å². The Hall–Kier alpha value is -0.430. The van der Waals surface area contributed by atoms with Crippen LogP contribution in [-0.2, 0) is 4.74 Å². The fourth-order valence-electron chi connectivity index (χ4n) is 1.04. The van der Waals surface area contributed by atoms with Crippen LogP contribution >= 0.6 is 27.3 Å². The van der Waals surface area contributed by atoms with Gasteiger partial charge in [0.2, 0.25) is 0 Å². The van der Waals surface area contributed by atoms with Gasteiger partial charge in [0.25, 0.3) is 5.91 Å². The van der Waals surface area contributed by atoms with Crippen LogP contribution in [0, 0.1) is 0 Å². The summed E-state index contributed by atoms with van der Waals surface area (Å²) in [5.41, 5.74) is 0.585. The highest BCUT2D eigenvalue weighted by Crippen LogP contribution is 2.20. The van der Waals surface area contributed by atoms with Gasteiger partial charge in [-0.2, -0.15) is 0 Å². The fraction of sp³-hybridized carbons (Fsp3) is 0.444. The molecule has 0 aliphatic heterocycles. The molecule has 0 saturated heterocycles. The number of carbonyl (C=O) groups excluding carboxylic acids is 1. The Bertz CT molecular complexity index is 329. The van der Waals surface area contributed by atoms with Gasteiger partial charge in [-0.05, 0) is 22.0 Å². The minimum absolute atomic E-state index is 0.134. The average molecular weight is 294 g/mol. The zero-order chi connectivity index (χ0) is 11.3. The molecule has 1 rings (SSSR count). The van der Waals surface area contributed by atoms with E-state index in [0.717, 1.165) is 3.79 Å². The normalized spacial score (nSPS) is 12.5. The lowest BCUT2D eigenvalue weighted by Crippen LogP contribution is -2.40. The highest BCUT2D eigenvalue weighted by Gasteiger charge is 2.13. The number of ether oxygens (including phenoxy) is 1. The zero-order valence-corrected chi connectivity index (χ0v) is 10.6. The molecule has 15 heavy (non-hydrogen) atoms. The van der Waals surface area contributed by atoms with E-state index in [1.165, 1.54) is 18.4 Å². The quantitative estimate of drug-likeness (QED) is 0.859. The summed E-state index contributed by atoms with van der Waals surface area (Å²) < 4.78 is 5.76. The maximum Gasteiger partial charge on any atom is 0.252 e. The van der Waals surface area contributed by atoms with Gasteiger partial charge in [-0.15, -0.1) is 11.3 Å². The van der Waals surface area contributed by atoms with Gasteiger partial charge in [0, 0.05) is 12.5 Å². The van der Waals surface area contributed by atoms with E-state index in [-0.39, 0.29) is 18.6 Å². The van der Waals surface area contributed by atoms with Gasteiger partial charge in [-0.25, -0.2) is 0 Å². The smallest absolute Gasteiger partial charge is 0.252 e. The fourth-order valence-corrected chi connectivity index (χ4v) is 2.18. The Morgan fingerprint density at radius 1 is 1.80 bits per heavy atom. The first-order valence-corrected chi connectivity index (χ1v) is 5.99. The number of amides is 1. The molecule has 1 aromatic heterocycles. The molecule has 0 radical (unpaired) electrons. The second-order valence-electron chi connectivity index (χ2n) is 2.95. The Balaban J connectivity index is 2.54. The summed E-state index contributed by atoms with van der Waals surface area (Å²) in [6.07, 6.45) is 0. The van der Waals surface area contributed by atoms with E-state index in [2.05, 4.69) is 21.2 Å². The van der Waals surface area contributed by atoms with E-state index < -0.39 is 0 Å². The minimum atomic E-state index is -0.360. The lowest BCUT2D eigenvalue weighted by Gasteiger charge is -2.14. The Labute approximate surface area is 100 Å². The number of carbonyl (C=O) groups is 1. The number of methoxy groups -OCH3 is 1. The number of halogens is 1. The summed E-state index contributed by atoms with van der Waals surface area (Å²) >= 11 is 4.72. The van der Waals surface area contributed by atoms with Crippen molar-refractivity contribution in [2.24, 2.45) is 0 Å². The highest BCUT2D eigenvalue weighted by atomic mass is 79.9. The van der Waals surface area contributed by atoms with Crippen LogP contribution in [0.3, 0.4) is 0 Å². The molecule has 0 saturated carbocycles. The largest absolute Gasteiger partial charge is 0.394 e. The Morgan fingerprint density at radius 3 is 3.00 bits per heavy atom. The molecule has 4 nitrogen and oxygen atoms in total. The molecule has 0 spiro atoms. The van der Waals surface area contributed by atoms with Crippen molar-refractivity contribution >= 4 is 33.2 Å². The van der Waals surface area contributed by atoms with Gasteiger partial charge in [-0.3, -0.25) is 4.79 Å². The van der Waals surface area contributed by atoms with Gasteiger partial charge < -0.3 is 15.2 Å². The molecule has 1 atom stereocenters. The van der Waals surface area contributed by atoms with E-state index in [1.807, 2.05) is 0 Å². The van der Waals surface area contributed by atoms with Crippen molar-refractivity contribution in [3.05, 3.63) is 20.8 Å². The number of aliphatic hydroxyl groups is 1. The first-order valence-electron chi connectivity index (χ1n) is 4.32. The predicted molar refractivity (Wildman–Crippen MR) is 62.2 cm³/mol. The second kappa shape index (κ2) is 6.22. The third-order valence-corrected chi connectivity index (χ3v) is 3.26. The first-order chi connectivity index (χ1) is 7.17. The summed E-state index contributed by atoms with van der Waals surface area (Å²) in [6, 6.07) is 1.38. The monoisotopic (exact) mass is 293 g/mol. The van der Waals surface area contributed by atoms with Gasteiger partial charge in [-0.1, -0.05) is 0 Å². The van der Waals surface area contributed by atoms with Crippen LogP contribution in [0.25, 0.3) is 0 Å². The average Bonchev–Trinajstić information content (AvgIpc) is 2.64. The molecule has 1 heterocycles. The predicted octanol–water partition coefficient (Wildman–Crippen LogP) is 1.25. The van der Waals surface area contributed by atoms with Crippen molar-refractivity contribution in [3.8, 4) is 0 Å². The lowest BCUT2D eigenvalue weighted by molar-refractivity contribution is 0.0840. The SMILES string of the molecule is COCC(CO)NC(=O)c1csc(Br)c1. The summed E-state index contributed by atoms with van der Waals surface area (Å²) in [4.78, 5) is 11.6. The molecule has 1 unspecified atom stereocenters. The molecule has 6 heteroatoms. The lowest BCUT2D eigenvalue weighted by atomic mass is 10.2. The van der Waals surface area contributed by atoms with Crippen molar-refractivity contribution < 1.29 is 14.6 Å². The van der Waals surface area contributed by atoms with E-state index in [1.54, 1.807) is 11.4 Å². The highest BCUT2D eigenvalue weighted by molar-refractivity contribution is 9.11. The molecule has 2 N–H and O–H groups in total. The summed E-state index contributed by atoms with van der Waals surface area (Å²) in [7, 11) is 1.52. The number of rotatable bonds is 5. The molecule has 1 aromatic rings. The van der Waals surface area contributed by atoms with Crippen LogP contribution < -0.4 is 5.32 Å². The van der Waals surface area contributed by atoms with Crippen LogP contribution in [0.1, 0.15) is 10.4 Å². The van der Waals surface area contributed by atoms with E-state index in [0.29, 0.717) is 12.2 Å². The van der Waals surface area contributed by atoms with Gasteiger partial charge in [0.15, 0.2) is 0 Å². The van der Waals surface area contributed by atoms with Crippen LogP contribution in [0.15, 0.2) is 15.2 Å². The molecular formula is C9H12BrNO3S. The number of thiophene rings is 1. The van der Waals surface area contributed by atoms with Crippen LogP contribution in [-0.4, -0.2) is 37.4 Å². The van der Waals surface area contributed by atoms with E-state index in [4.69, 9.17) is 9.84 Å². The second-order valence-corrected chi connectivity index (χ2v) is 5.24. The molecular weight excluding hydrogens is 282 g/mol. The maximum absolute atomic E-state index is 11.6. The van der Waals surface area contributed by atoms with Gasteiger partial charge in [0.05, 0.1) is 28.6 Å². The van der Waals surface area contributed by atoms with E-state index in [9.17, 15) is 4.79 Å². The third-order valence-electron chi connectivity index (χ3n) is 1.75. The number of hydrogen-bond donors (Lipinski definition) is 2. The number of hydrogen-bond acceptors (Lipinski definition) is 4. The van der Waals surface area contributed by atoms with Crippen LogP contribution in [0.4, 0.5) is 0 Å². The van der Waals surface area contributed by atoms with E-state index >= 15 is 0 Å². The number of aliphatic hydroxyl groups excluding tert-OH is 1. The van der Waals surface area contributed by atoms with Crippen molar-refractivity contribution in [2.75, 3.05) is 20.3 Å². The molecule has 0 bridgehead atoms. The van der Waals surface area contributed by atoms with Gasteiger partial charge in [0.1, 0.15) is 0 Å². The first kappa shape index (κ1) is 12.6. The standard InChI is InChI=1S/C9H12BrNO3S/c1-14-4-7(3-12)11-9(13)6-2-8(10)15-5-6/h2,5,7,12H,3-4H2,1H3,(H,11,13). The zero-order valence-electron chi connectivity index (χ0n) is 8.20. The van der Waals surface area contributed by atoms with Crippen LogP contribution in [0.2, 0.25) is 0 Å².